The van der Waals surface area contributed by atoms with Crippen LogP contribution in [0.3, 0.4) is 0 Å². The fourth-order valence-corrected chi connectivity index (χ4v) is 5.17. The maximum absolute atomic E-state index is 12.8. The second-order valence-corrected chi connectivity index (χ2v) is 8.15. The molecule has 0 radical (unpaired) electrons. The highest BCUT2D eigenvalue weighted by molar-refractivity contribution is 7.99. The Kier molecular flexibility index (Phi) is 5.66. The summed E-state index contributed by atoms with van der Waals surface area (Å²) in [4.78, 5) is 27.5. The van der Waals surface area contributed by atoms with Gasteiger partial charge in [-0.15, -0.1) is 0 Å². The topological polar surface area (TPSA) is 49.4 Å². The maximum atomic E-state index is 12.8. The minimum atomic E-state index is -0.0866. The number of thioether (sulfide) groups is 1. The van der Waals surface area contributed by atoms with E-state index in [9.17, 15) is 9.59 Å². The van der Waals surface area contributed by atoms with Crippen LogP contribution in [0.25, 0.3) is 0 Å². The Bertz CT molecular complexity index is 403. The van der Waals surface area contributed by atoms with Crippen LogP contribution in [0.5, 0.6) is 0 Å². The van der Waals surface area contributed by atoms with E-state index in [1.807, 2.05) is 16.7 Å². The van der Waals surface area contributed by atoms with Crippen LogP contribution in [0.15, 0.2) is 0 Å². The number of likely N-dealkylation sites (tertiary alicyclic amines) is 1. The molecule has 124 valence electrons. The molecule has 2 aliphatic heterocycles. The predicted molar refractivity (Wildman–Crippen MR) is 89.8 cm³/mol. The van der Waals surface area contributed by atoms with E-state index < -0.39 is 0 Å². The minimum absolute atomic E-state index is 0.0650. The molecule has 0 bridgehead atoms. The summed E-state index contributed by atoms with van der Waals surface area (Å²) in [6.07, 6.45) is 8.35. The first-order valence-corrected chi connectivity index (χ1v) is 10.1. The van der Waals surface area contributed by atoms with Gasteiger partial charge in [0.15, 0.2) is 0 Å². The van der Waals surface area contributed by atoms with E-state index in [-0.39, 0.29) is 23.7 Å². The number of carbonyl (C=O) groups excluding carboxylic acids is 2. The highest BCUT2D eigenvalue weighted by atomic mass is 32.2. The number of nitrogens with zero attached hydrogens (tertiary/aromatic N) is 1. The van der Waals surface area contributed by atoms with Crippen molar-refractivity contribution in [2.75, 3.05) is 24.6 Å². The monoisotopic (exact) mass is 324 g/mol. The normalized spacial score (nSPS) is 30.3. The van der Waals surface area contributed by atoms with E-state index in [0.717, 1.165) is 76.0 Å². The molecule has 2 amide bonds. The summed E-state index contributed by atoms with van der Waals surface area (Å²) in [5.74, 6) is 2.53. The van der Waals surface area contributed by atoms with Crippen molar-refractivity contribution >= 4 is 23.6 Å². The van der Waals surface area contributed by atoms with Gasteiger partial charge in [-0.2, -0.15) is 11.8 Å². The Morgan fingerprint density at radius 3 is 2.18 bits per heavy atom. The van der Waals surface area contributed by atoms with Crippen molar-refractivity contribution in [1.82, 2.24) is 10.2 Å². The third-order valence-electron chi connectivity index (χ3n) is 5.41. The van der Waals surface area contributed by atoms with Crippen molar-refractivity contribution in [2.45, 2.75) is 57.4 Å². The molecule has 0 aromatic rings. The van der Waals surface area contributed by atoms with Gasteiger partial charge in [-0.05, 0) is 50.0 Å². The molecule has 1 saturated carbocycles. The third kappa shape index (κ3) is 3.79. The number of carbonyl (C=O) groups is 2. The van der Waals surface area contributed by atoms with Crippen molar-refractivity contribution in [3.05, 3.63) is 0 Å². The molecule has 0 unspecified atom stereocenters. The van der Waals surface area contributed by atoms with E-state index in [1.165, 1.54) is 0 Å². The molecule has 2 heterocycles. The summed E-state index contributed by atoms with van der Waals surface area (Å²) in [6.45, 7) is 1.78. The van der Waals surface area contributed by atoms with Gasteiger partial charge in [0, 0.05) is 31.0 Å². The molecular weight excluding hydrogens is 296 g/mol. The van der Waals surface area contributed by atoms with Gasteiger partial charge >= 0.3 is 0 Å². The van der Waals surface area contributed by atoms with E-state index in [1.54, 1.807) is 0 Å². The van der Waals surface area contributed by atoms with Crippen LogP contribution >= 0.6 is 11.8 Å². The van der Waals surface area contributed by atoms with Crippen LogP contribution in [0.2, 0.25) is 0 Å². The highest BCUT2D eigenvalue weighted by Crippen LogP contribution is 2.33. The highest BCUT2D eigenvalue weighted by Gasteiger charge is 2.38. The fraction of sp³-hybridized carbons (Fsp3) is 0.882. The molecule has 3 aliphatic rings. The molecule has 1 aliphatic carbocycles. The average Bonchev–Trinajstić information content (AvgIpc) is 3.09. The smallest absolute Gasteiger partial charge is 0.226 e. The van der Waals surface area contributed by atoms with E-state index >= 15 is 0 Å². The van der Waals surface area contributed by atoms with Crippen molar-refractivity contribution in [1.29, 1.82) is 0 Å². The summed E-state index contributed by atoms with van der Waals surface area (Å²) in [5.41, 5.74) is 0. The van der Waals surface area contributed by atoms with E-state index in [2.05, 4.69) is 5.32 Å². The van der Waals surface area contributed by atoms with Crippen LogP contribution in [0.1, 0.15) is 51.4 Å². The van der Waals surface area contributed by atoms with Crippen LogP contribution in [-0.4, -0.2) is 47.4 Å². The fourth-order valence-electron chi connectivity index (χ4n) is 4.06. The number of hydrogen-bond donors (Lipinski definition) is 1. The van der Waals surface area contributed by atoms with Gasteiger partial charge in [-0.1, -0.05) is 12.8 Å². The Morgan fingerprint density at radius 1 is 0.864 bits per heavy atom. The zero-order chi connectivity index (χ0) is 15.4. The molecule has 3 rings (SSSR count). The molecular formula is C17H28N2O2S. The third-order valence-corrected chi connectivity index (χ3v) is 6.45. The van der Waals surface area contributed by atoms with Gasteiger partial charge in [0.2, 0.25) is 11.8 Å². The van der Waals surface area contributed by atoms with Gasteiger partial charge in [0.1, 0.15) is 0 Å². The molecule has 22 heavy (non-hydrogen) atoms. The van der Waals surface area contributed by atoms with Crippen LogP contribution in [0, 0.1) is 11.8 Å². The Morgan fingerprint density at radius 2 is 1.50 bits per heavy atom. The van der Waals surface area contributed by atoms with Crippen molar-refractivity contribution < 1.29 is 9.59 Å². The minimum Gasteiger partial charge on any atom is -0.353 e. The van der Waals surface area contributed by atoms with Crippen molar-refractivity contribution in [2.24, 2.45) is 11.8 Å². The zero-order valence-electron chi connectivity index (χ0n) is 13.4. The molecule has 0 aromatic heterocycles. The maximum Gasteiger partial charge on any atom is 0.226 e. The van der Waals surface area contributed by atoms with Crippen molar-refractivity contribution in [3.8, 4) is 0 Å². The molecule has 4 nitrogen and oxygen atoms in total. The number of hydrogen-bond acceptors (Lipinski definition) is 3. The van der Waals surface area contributed by atoms with Crippen LogP contribution in [0.4, 0.5) is 0 Å². The number of rotatable bonds is 3. The van der Waals surface area contributed by atoms with Gasteiger partial charge in [0.25, 0.3) is 0 Å². The zero-order valence-corrected chi connectivity index (χ0v) is 14.2. The molecule has 2 saturated heterocycles. The summed E-state index contributed by atoms with van der Waals surface area (Å²) in [7, 11) is 0. The van der Waals surface area contributed by atoms with Crippen LogP contribution in [-0.2, 0) is 9.59 Å². The first kappa shape index (κ1) is 16.2. The van der Waals surface area contributed by atoms with Crippen LogP contribution < -0.4 is 5.32 Å². The average molecular weight is 324 g/mol. The Balaban J connectivity index is 1.60. The SMILES string of the molecule is O=C(NC1CCSCC1)[C@H]1CCCC[C@H]1C(=O)N1CCCC1. The first-order chi connectivity index (χ1) is 10.8. The molecule has 3 fully saturated rings. The van der Waals surface area contributed by atoms with E-state index in [0.29, 0.717) is 6.04 Å². The summed E-state index contributed by atoms with van der Waals surface area (Å²) in [6, 6.07) is 0.332. The largest absolute Gasteiger partial charge is 0.353 e. The Hall–Kier alpha value is -0.710. The lowest BCUT2D eigenvalue weighted by atomic mass is 9.77. The standard InChI is InChI=1S/C17H28N2O2S/c20-16(18-13-7-11-22-12-8-13)14-5-1-2-6-15(14)17(21)19-9-3-4-10-19/h13-15H,1-12H2,(H,18,20)/t14-,15+/m0/s1. The summed E-state index contributed by atoms with van der Waals surface area (Å²) >= 11 is 1.97. The lowest BCUT2D eigenvalue weighted by Crippen LogP contribution is -2.47. The second kappa shape index (κ2) is 7.71. The van der Waals surface area contributed by atoms with Crippen molar-refractivity contribution in [3.63, 3.8) is 0 Å². The molecule has 0 aromatic carbocycles. The van der Waals surface area contributed by atoms with E-state index in [4.69, 9.17) is 0 Å². The molecule has 1 N–H and O–H groups in total. The number of amides is 2. The first-order valence-electron chi connectivity index (χ1n) is 8.92. The summed E-state index contributed by atoms with van der Waals surface area (Å²) in [5, 5.41) is 3.24. The predicted octanol–water partition coefficient (Wildman–Crippen LogP) is 2.43. The van der Waals surface area contributed by atoms with Gasteiger partial charge in [-0.25, -0.2) is 0 Å². The molecule has 5 heteroatoms. The lowest BCUT2D eigenvalue weighted by molar-refractivity contribution is -0.143. The lowest BCUT2D eigenvalue weighted by Gasteiger charge is -2.34. The molecule has 2 atom stereocenters. The summed E-state index contributed by atoms with van der Waals surface area (Å²) < 4.78 is 0. The van der Waals surface area contributed by atoms with Gasteiger partial charge < -0.3 is 10.2 Å². The van der Waals surface area contributed by atoms with Gasteiger partial charge in [0.05, 0.1) is 0 Å². The van der Waals surface area contributed by atoms with Gasteiger partial charge in [-0.3, -0.25) is 9.59 Å². The molecule has 0 spiro atoms. The second-order valence-electron chi connectivity index (χ2n) is 6.93. The Labute approximate surface area is 137 Å². The quantitative estimate of drug-likeness (QED) is 0.867. The number of nitrogens with one attached hydrogen (secondary N) is 1.